The Bertz CT molecular complexity index is 495. The van der Waals surface area contributed by atoms with Gasteiger partial charge in [-0.15, -0.1) is 24.0 Å². The second-order valence-electron chi connectivity index (χ2n) is 5.56. The minimum Gasteiger partial charge on any atom is -0.383 e. The van der Waals surface area contributed by atoms with E-state index < -0.39 is 0 Å². The van der Waals surface area contributed by atoms with E-state index in [1.54, 1.807) is 7.11 Å². The van der Waals surface area contributed by atoms with Crippen LogP contribution in [0.15, 0.2) is 29.3 Å². The van der Waals surface area contributed by atoms with E-state index in [4.69, 9.17) is 4.74 Å². The Hall–Kier alpha value is -1.02. The molecule has 0 bridgehead atoms. The minimum absolute atomic E-state index is 0. The maximum absolute atomic E-state index is 5.04. The standard InChI is InChI=1S/C17H28N4O.HI/c1-4-18-17(20-10-12-22-3)19-9-11-21-14(2)13-15-7-5-6-8-16(15)21;/h5-8,14H,4,9-13H2,1-3H3,(H2,18,19,20);1H. The molecule has 0 saturated carbocycles. The first-order chi connectivity index (χ1) is 10.8. The summed E-state index contributed by atoms with van der Waals surface area (Å²) in [6.07, 6.45) is 1.14. The molecule has 0 radical (unpaired) electrons. The fourth-order valence-electron chi connectivity index (χ4n) is 2.86. The molecule has 1 unspecified atom stereocenters. The number of rotatable bonds is 7. The molecule has 6 heteroatoms. The summed E-state index contributed by atoms with van der Waals surface area (Å²) in [5.41, 5.74) is 2.83. The van der Waals surface area contributed by atoms with Crippen LogP contribution in [-0.4, -0.2) is 51.9 Å². The fourth-order valence-corrected chi connectivity index (χ4v) is 2.86. The predicted octanol–water partition coefficient (Wildman–Crippen LogP) is 2.26. The lowest BCUT2D eigenvalue weighted by atomic mass is 10.1. The van der Waals surface area contributed by atoms with Crippen LogP contribution >= 0.6 is 24.0 Å². The molecule has 0 aliphatic carbocycles. The summed E-state index contributed by atoms with van der Waals surface area (Å²) >= 11 is 0. The van der Waals surface area contributed by atoms with E-state index in [0.29, 0.717) is 19.2 Å². The second-order valence-corrected chi connectivity index (χ2v) is 5.56. The summed E-state index contributed by atoms with van der Waals surface area (Å²) < 4.78 is 5.04. The highest BCUT2D eigenvalue weighted by Crippen LogP contribution is 2.30. The first kappa shape index (κ1) is 20.0. The van der Waals surface area contributed by atoms with Crippen molar-refractivity contribution in [3.05, 3.63) is 29.8 Å². The number of methoxy groups -OCH3 is 1. The van der Waals surface area contributed by atoms with Crippen LogP contribution < -0.4 is 15.5 Å². The average molecular weight is 432 g/mol. The van der Waals surface area contributed by atoms with E-state index in [9.17, 15) is 0 Å². The van der Waals surface area contributed by atoms with E-state index in [0.717, 1.165) is 32.0 Å². The van der Waals surface area contributed by atoms with E-state index in [1.165, 1.54) is 11.3 Å². The Morgan fingerprint density at radius 3 is 2.87 bits per heavy atom. The van der Waals surface area contributed by atoms with Crippen LogP contribution in [-0.2, 0) is 11.2 Å². The van der Waals surface area contributed by atoms with Gasteiger partial charge in [0.2, 0.25) is 0 Å². The third-order valence-corrected chi connectivity index (χ3v) is 3.90. The molecule has 2 rings (SSSR count). The molecule has 1 aromatic rings. The lowest BCUT2D eigenvalue weighted by Gasteiger charge is -2.25. The first-order valence-corrected chi connectivity index (χ1v) is 8.12. The molecular weight excluding hydrogens is 403 g/mol. The van der Waals surface area contributed by atoms with Crippen LogP contribution in [0.3, 0.4) is 0 Å². The number of ether oxygens (including phenoxy) is 1. The zero-order valence-corrected chi connectivity index (χ0v) is 16.7. The van der Waals surface area contributed by atoms with Gasteiger partial charge < -0.3 is 20.3 Å². The van der Waals surface area contributed by atoms with Gasteiger partial charge >= 0.3 is 0 Å². The third-order valence-electron chi connectivity index (χ3n) is 3.90. The molecule has 1 aliphatic rings. The Balaban J connectivity index is 0.00000264. The molecule has 1 heterocycles. The fraction of sp³-hybridized carbons (Fsp3) is 0.588. The van der Waals surface area contributed by atoms with Gasteiger partial charge in [-0.05, 0) is 31.9 Å². The molecule has 1 aliphatic heterocycles. The van der Waals surface area contributed by atoms with Crippen LogP contribution in [0.2, 0.25) is 0 Å². The van der Waals surface area contributed by atoms with Crippen LogP contribution in [0.4, 0.5) is 5.69 Å². The molecular formula is C17H29IN4O. The number of halogens is 1. The molecule has 5 nitrogen and oxygen atoms in total. The number of fused-ring (bicyclic) bond motifs is 1. The molecule has 0 fully saturated rings. The quantitative estimate of drug-likeness (QED) is 0.301. The van der Waals surface area contributed by atoms with Crippen molar-refractivity contribution in [2.45, 2.75) is 26.3 Å². The Morgan fingerprint density at radius 1 is 1.35 bits per heavy atom. The van der Waals surface area contributed by atoms with Crippen LogP contribution in [0, 0.1) is 0 Å². The van der Waals surface area contributed by atoms with Gasteiger partial charge in [0.15, 0.2) is 5.96 Å². The number of hydrogen-bond acceptors (Lipinski definition) is 3. The summed E-state index contributed by atoms with van der Waals surface area (Å²) in [6.45, 7) is 8.40. The number of aliphatic imine (C=N–C) groups is 1. The normalized spacial score (nSPS) is 16.7. The summed E-state index contributed by atoms with van der Waals surface area (Å²) in [5.74, 6) is 0.861. The number of benzene rings is 1. The first-order valence-electron chi connectivity index (χ1n) is 8.12. The van der Waals surface area contributed by atoms with Gasteiger partial charge in [-0.3, -0.25) is 4.99 Å². The van der Waals surface area contributed by atoms with Crippen molar-refractivity contribution < 1.29 is 4.74 Å². The van der Waals surface area contributed by atoms with E-state index in [-0.39, 0.29) is 24.0 Å². The molecule has 130 valence electrons. The number of para-hydroxylation sites is 1. The van der Waals surface area contributed by atoms with Gasteiger partial charge in [0.25, 0.3) is 0 Å². The maximum atomic E-state index is 5.04. The second kappa shape index (κ2) is 10.7. The van der Waals surface area contributed by atoms with Crippen molar-refractivity contribution in [2.75, 3.05) is 44.8 Å². The monoisotopic (exact) mass is 432 g/mol. The predicted molar refractivity (Wildman–Crippen MR) is 108 cm³/mol. The highest BCUT2D eigenvalue weighted by molar-refractivity contribution is 14.0. The molecule has 0 amide bonds. The van der Waals surface area contributed by atoms with Gasteiger partial charge in [-0.25, -0.2) is 0 Å². The van der Waals surface area contributed by atoms with E-state index >= 15 is 0 Å². The molecule has 0 spiro atoms. The van der Waals surface area contributed by atoms with Gasteiger partial charge in [-0.1, -0.05) is 18.2 Å². The van der Waals surface area contributed by atoms with Crippen molar-refractivity contribution in [2.24, 2.45) is 4.99 Å². The molecule has 1 aromatic carbocycles. The topological polar surface area (TPSA) is 48.9 Å². The Kier molecular flexibility index (Phi) is 9.31. The Labute approximate surface area is 156 Å². The van der Waals surface area contributed by atoms with Crippen molar-refractivity contribution in [3.63, 3.8) is 0 Å². The minimum atomic E-state index is 0. The lowest BCUT2D eigenvalue weighted by molar-refractivity contribution is 0.208. The van der Waals surface area contributed by atoms with Crippen molar-refractivity contribution >= 4 is 35.6 Å². The highest BCUT2D eigenvalue weighted by Gasteiger charge is 2.24. The van der Waals surface area contributed by atoms with Gasteiger partial charge in [0, 0.05) is 38.5 Å². The zero-order chi connectivity index (χ0) is 15.8. The van der Waals surface area contributed by atoms with Crippen LogP contribution in [0.5, 0.6) is 0 Å². The SMILES string of the molecule is CCNC(=NCCOC)NCCN1c2ccccc2CC1C.I. The maximum Gasteiger partial charge on any atom is 0.191 e. The third kappa shape index (κ3) is 5.84. The summed E-state index contributed by atoms with van der Waals surface area (Å²) in [7, 11) is 1.70. The zero-order valence-electron chi connectivity index (χ0n) is 14.3. The molecule has 0 aromatic heterocycles. The van der Waals surface area contributed by atoms with Gasteiger partial charge in [0.1, 0.15) is 0 Å². The highest BCUT2D eigenvalue weighted by atomic mass is 127. The average Bonchev–Trinajstić information content (AvgIpc) is 2.83. The molecule has 2 N–H and O–H groups in total. The van der Waals surface area contributed by atoms with Crippen LogP contribution in [0.1, 0.15) is 19.4 Å². The largest absolute Gasteiger partial charge is 0.383 e. The lowest BCUT2D eigenvalue weighted by Crippen LogP contribution is -2.43. The summed E-state index contributed by atoms with van der Waals surface area (Å²) in [4.78, 5) is 6.95. The molecule has 23 heavy (non-hydrogen) atoms. The number of anilines is 1. The van der Waals surface area contributed by atoms with E-state index in [2.05, 4.69) is 58.6 Å². The molecule has 0 saturated heterocycles. The van der Waals surface area contributed by atoms with Crippen molar-refractivity contribution in [1.29, 1.82) is 0 Å². The van der Waals surface area contributed by atoms with Crippen LogP contribution in [0.25, 0.3) is 0 Å². The summed E-state index contributed by atoms with van der Waals surface area (Å²) in [5, 5.41) is 6.66. The summed E-state index contributed by atoms with van der Waals surface area (Å²) in [6, 6.07) is 9.26. The number of hydrogen-bond donors (Lipinski definition) is 2. The smallest absolute Gasteiger partial charge is 0.191 e. The van der Waals surface area contributed by atoms with E-state index in [1.807, 2.05) is 0 Å². The Morgan fingerprint density at radius 2 is 2.13 bits per heavy atom. The molecule has 1 atom stereocenters. The van der Waals surface area contributed by atoms with Gasteiger partial charge in [-0.2, -0.15) is 0 Å². The number of nitrogens with one attached hydrogen (secondary N) is 2. The van der Waals surface area contributed by atoms with Crippen molar-refractivity contribution in [1.82, 2.24) is 10.6 Å². The van der Waals surface area contributed by atoms with Gasteiger partial charge in [0.05, 0.1) is 13.2 Å². The number of guanidine groups is 1. The number of nitrogens with zero attached hydrogens (tertiary/aromatic N) is 2. The van der Waals surface area contributed by atoms with Crippen molar-refractivity contribution in [3.8, 4) is 0 Å².